The van der Waals surface area contributed by atoms with Crippen LogP contribution in [-0.2, 0) is 4.74 Å². The summed E-state index contributed by atoms with van der Waals surface area (Å²) in [4.78, 5) is 13.2. The molecule has 3 aliphatic rings. The lowest BCUT2D eigenvalue weighted by Crippen LogP contribution is -2.49. The van der Waals surface area contributed by atoms with Gasteiger partial charge in [-0.2, -0.15) is 0 Å². The summed E-state index contributed by atoms with van der Waals surface area (Å²) < 4.78 is 6.04. The number of carboxylic acid groups (broad SMARTS) is 1. The zero-order valence-electron chi connectivity index (χ0n) is 13.7. The Morgan fingerprint density at radius 2 is 1.86 bits per heavy atom. The van der Waals surface area contributed by atoms with Crippen molar-refractivity contribution in [3.05, 3.63) is 0 Å². The summed E-state index contributed by atoms with van der Waals surface area (Å²) in [6, 6.07) is -0.216. The van der Waals surface area contributed by atoms with Crippen molar-refractivity contribution in [3.8, 4) is 0 Å². The van der Waals surface area contributed by atoms with E-state index in [1.807, 2.05) is 0 Å². The smallest absolute Gasteiger partial charge is 0.409 e. The summed E-state index contributed by atoms with van der Waals surface area (Å²) in [5, 5.41) is 20.2. The Kier molecular flexibility index (Phi) is 4.38. The maximum atomic E-state index is 11.8. The molecule has 0 aromatic heterocycles. The van der Waals surface area contributed by atoms with E-state index >= 15 is 0 Å². The van der Waals surface area contributed by atoms with Crippen molar-refractivity contribution in [3.63, 3.8) is 0 Å². The van der Waals surface area contributed by atoms with Gasteiger partial charge in [0.15, 0.2) is 0 Å². The summed E-state index contributed by atoms with van der Waals surface area (Å²) in [5.41, 5.74) is -0.855. The third-order valence-electron chi connectivity index (χ3n) is 5.66. The molecule has 2 N–H and O–H groups in total. The predicted octanol–water partition coefficient (Wildman–Crippen LogP) is 3.21. The fourth-order valence-electron chi connectivity index (χ4n) is 4.39. The highest BCUT2D eigenvalue weighted by molar-refractivity contribution is 5.67. The number of ether oxygens (including phenoxy) is 1. The molecule has 0 aromatic carbocycles. The molecule has 3 atom stereocenters. The topological polar surface area (TPSA) is 70.0 Å². The molecule has 126 valence electrons. The highest BCUT2D eigenvalue weighted by Crippen LogP contribution is 2.44. The van der Waals surface area contributed by atoms with Crippen LogP contribution in [0.1, 0.15) is 65.2 Å². The number of hydrogen-bond acceptors (Lipinski definition) is 3. The average molecular weight is 311 g/mol. The van der Waals surface area contributed by atoms with Gasteiger partial charge in [0, 0.05) is 0 Å². The molecular formula is C17H29NO4. The van der Waals surface area contributed by atoms with Gasteiger partial charge in [0.2, 0.25) is 0 Å². The van der Waals surface area contributed by atoms with Crippen LogP contribution < -0.4 is 0 Å². The first kappa shape index (κ1) is 16.1. The largest absolute Gasteiger partial charge is 0.465 e. The molecule has 5 heteroatoms. The van der Waals surface area contributed by atoms with E-state index in [-0.39, 0.29) is 12.1 Å². The van der Waals surface area contributed by atoms with E-state index in [9.17, 15) is 15.0 Å². The lowest BCUT2D eigenvalue weighted by atomic mass is 9.82. The Morgan fingerprint density at radius 1 is 1.23 bits per heavy atom. The molecule has 0 unspecified atom stereocenters. The quantitative estimate of drug-likeness (QED) is 0.836. The summed E-state index contributed by atoms with van der Waals surface area (Å²) in [7, 11) is 0. The van der Waals surface area contributed by atoms with Gasteiger partial charge < -0.3 is 14.9 Å². The van der Waals surface area contributed by atoms with Crippen LogP contribution in [0.5, 0.6) is 0 Å². The van der Waals surface area contributed by atoms with E-state index in [0.29, 0.717) is 11.8 Å². The van der Waals surface area contributed by atoms with E-state index in [1.54, 1.807) is 13.8 Å². The monoisotopic (exact) mass is 311 g/mol. The highest BCUT2D eigenvalue weighted by atomic mass is 16.6. The van der Waals surface area contributed by atoms with Gasteiger partial charge >= 0.3 is 6.09 Å². The van der Waals surface area contributed by atoms with Crippen LogP contribution in [-0.4, -0.2) is 45.2 Å². The van der Waals surface area contributed by atoms with E-state index in [1.165, 1.54) is 37.0 Å². The fourth-order valence-corrected chi connectivity index (χ4v) is 4.39. The van der Waals surface area contributed by atoms with Crippen LogP contribution in [0.3, 0.4) is 0 Å². The minimum absolute atomic E-state index is 0.216. The molecule has 3 rings (SSSR count). The second kappa shape index (κ2) is 6.00. The fraction of sp³-hybridized carbons (Fsp3) is 0.941. The van der Waals surface area contributed by atoms with Crippen molar-refractivity contribution in [2.75, 3.05) is 0 Å². The van der Waals surface area contributed by atoms with Crippen LogP contribution in [0, 0.1) is 11.8 Å². The van der Waals surface area contributed by atoms with Crippen LogP contribution in [0.15, 0.2) is 0 Å². The summed E-state index contributed by atoms with van der Waals surface area (Å²) in [6.07, 6.45) is 7.18. The summed E-state index contributed by atoms with van der Waals surface area (Å²) in [6.45, 7) is 3.60. The number of aliphatic hydroxyl groups excluding tert-OH is 1. The van der Waals surface area contributed by atoms with Gasteiger partial charge in [-0.15, -0.1) is 0 Å². The molecule has 2 saturated carbocycles. The number of hydrogen-bond donors (Lipinski definition) is 2. The molecule has 1 saturated heterocycles. The van der Waals surface area contributed by atoms with Gasteiger partial charge in [-0.3, -0.25) is 4.90 Å². The molecule has 2 aliphatic carbocycles. The van der Waals surface area contributed by atoms with Crippen LogP contribution in [0.25, 0.3) is 0 Å². The Labute approximate surface area is 132 Å². The molecule has 0 radical (unpaired) electrons. The second-order valence-electron chi connectivity index (χ2n) is 7.82. The van der Waals surface area contributed by atoms with Crippen LogP contribution in [0.2, 0.25) is 0 Å². The van der Waals surface area contributed by atoms with Gasteiger partial charge in [-0.05, 0) is 44.9 Å². The third-order valence-corrected chi connectivity index (χ3v) is 5.66. The molecule has 3 fully saturated rings. The number of aliphatic hydroxyl groups is 1. The molecule has 1 amide bonds. The zero-order valence-corrected chi connectivity index (χ0v) is 13.7. The first-order chi connectivity index (χ1) is 10.4. The van der Waals surface area contributed by atoms with Crippen LogP contribution >= 0.6 is 0 Å². The zero-order chi connectivity index (χ0) is 15.9. The minimum atomic E-state index is -0.934. The molecule has 5 nitrogen and oxygen atoms in total. The molecule has 0 spiro atoms. The van der Waals surface area contributed by atoms with E-state index in [2.05, 4.69) is 0 Å². The SMILES string of the molecule is CC1(C)O[C@@H]([C@@H](O)C2CC2)[C@H](CC2CCCCC2)N1C(=O)O. The maximum Gasteiger partial charge on any atom is 0.409 e. The van der Waals surface area contributed by atoms with Gasteiger partial charge in [0.05, 0.1) is 12.1 Å². The molecule has 0 bridgehead atoms. The van der Waals surface area contributed by atoms with Crippen molar-refractivity contribution in [2.45, 2.75) is 89.2 Å². The lowest BCUT2D eigenvalue weighted by Gasteiger charge is -2.34. The van der Waals surface area contributed by atoms with Crippen molar-refractivity contribution < 1.29 is 19.7 Å². The van der Waals surface area contributed by atoms with Crippen molar-refractivity contribution in [1.29, 1.82) is 0 Å². The lowest BCUT2D eigenvalue weighted by molar-refractivity contribution is -0.102. The van der Waals surface area contributed by atoms with Crippen molar-refractivity contribution in [1.82, 2.24) is 4.90 Å². The first-order valence-electron chi connectivity index (χ1n) is 8.78. The number of amides is 1. The molecule has 1 aliphatic heterocycles. The number of carbonyl (C=O) groups is 1. The molecule has 22 heavy (non-hydrogen) atoms. The van der Waals surface area contributed by atoms with E-state index in [0.717, 1.165) is 19.3 Å². The average Bonchev–Trinajstić information content (AvgIpc) is 3.25. The van der Waals surface area contributed by atoms with E-state index in [4.69, 9.17) is 4.74 Å². The van der Waals surface area contributed by atoms with Gasteiger partial charge in [-0.1, -0.05) is 32.1 Å². The van der Waals surface area contributed by atoms with Crippen molar-refractivity contribution in [2.24, 2.45) is 11.8 Å². The number of nitrogens with zero attached hydrogens (tertiary/aromatic N) is 1. The van der Waals surface area contributed by atoms with Crippen molar-refractivity contribution >= 4 is 6.09 Å². The van der Waals surface area contributed by atoms with Gasteiger partial charge in [-0.25, -0.2) is 4.79 Å². The maximum absolute atomic E-state index is 11.8. The molecule has 1 heterocycles. The minimum Gasteiger partial charge on any atom is -0.465 e. The second-order valence-corrected chi connectivity index (χ2v) is 7.82. The first-order valence-corrected chi connectivity index (χ1v) is 8.78. The Balaban J connectivity index is 1.79. The molecule has 0 aromatic rings. The number of rotatable bonds is 4. The van der Waals surface area contributed by atoms with Gasteiger partial charge in [0.25, 0.3) is 0 Å². The Hall–Kier alpha value is -0.810. The predicted molar refractivity (Wildman–Crippen MR) is 82.5 cm³/mol. The van der Waals surface area contributed by atoms with E-state index < -0.39 is 17.9 Å². The Bertz CT molecular complexity index is 415. The highest BCUT2D eigenvalue weighted by Gasteiger charge is 2.54. The normalized spacial score (nSPS) is 33.9. The third kappa shape index (κ3) is 3.11. The van der Waals surface area contributed by atoms with Gasteiger partial charge in [0.1, 0.15) is 11.8 Å². The molecular weight excluding hydrogens is 282 g/mol. The summed E-state index contributed by atoms with van der Waals surface area (Å²) in [5.74, 6) is 0.857. The standard InChI is InChI=1S/C17H29NO4/c1-17(2)18(16(20)21)13(10-11-6-4-3-5-7-11)15(22-17)14(19)12-8-9-12/h11-15,19H,3-10H2,1-2H3,(H,20,21)/t13-,14-,15+/m0/s1. The summed E-state index contributed by atoms with van der Waals surface area (Å²) >= 11 is 0. The Morgan fingerprint density at radius 3 is 2.41 bits per heavy atom. The van der Waals surface area contributed by atoms with Crippen LogP contribution in [0.4, 0.5) is 4.79 Å².